The van der Waals surface area contributed by atoms with E-state index in [1.807, 2.05) is 29.2 Å². The minimum atomic E-state index is 0.247. The second kappa shape index (κ2) is 5.98. The minimum absolute atomic E-state index is 0.247. The summed E-state index contributed by atoms with van der Waals surface area (Å²) >= 11 is 7.66. The lowest BCUT2D eigenvalue weighted by molar-refractivity contribution is -0.132. The van der Waals surface area contributed by atoms with Crippen LogP contribution >= 0.6 is 22.9 Å². The van der Waals surface area contributed by atoms with E-state index in [1.54, 1.807) is 11.3 Å². The Balaban J connectivity index is 1.56. The zero-order valence-corrected chi connectivity index (χ0v) is 12.7. The molecule has 0 radical (unpaired) electrons. The van der Waals surface area contributed by atoms with Crippen LogP contribution in [0.15, 0.2) is 35.7 Å². The number of carbonyl (C=O) groups is 1. The Kier molecular flexibility index (Phi) is 4.08. The van der Waals surface area contributed by atoms with E-state index >= 15 is 0 Å². The fraction of sp³-hybridized carbons (Fsp3) is 0.312. The van der Waals surface area contributed by atoms with E-state index in [-0.39, 0.29) is 5.91 Å². The lowest BCUT2D eigenvalue weighted by Gasteiger charge is -2.27. The van der Waals surface area contributed by atoms with Gasteiger partial charge in [-0.3, -0.25) is 4.79 Å². The number of carbonyl (C=O) groups excluding carboxylic acids is 1. The number of halogens is 1. The molecule has 1 aliphatic heterocycles. The zero-order chi connectivity index (χ0) is 13.9. The monoisotopic (exact) mass is 305 g/mol. The van der Waals surface area contributed by atoms with Crippen molar-refractivity contribution in [3.8, 4) is 0 Å². The summed E-state index contributed by atoms with van der Waals surface area (Å²) in [5, 5.41) is 2.85. The van der Waals surface area contributed by atoms with E-state index < -0.39 is 0 Å². The van der Waals surface area contributed by atoms with Crippen LogP contribution in [-0.2, 0) is 24.2 Å². The Labute approximate surface area is 128 Å². The molecule has 104 valence electrons. The van der Waals surface area contributed by atoms with Gasteiger partial charge < -0.3 is 4.90 Å². The van der Waals surface area contributed by atoms with Crippen LogP contribution in [0.2, 0.25) is 5.02 Å². The van der Waals surface area contributed by atoms with Crippen LogP contribution in [0.5, 0.6) is 0 Å². The maximum Gasteiger partial charge on any atom is 0.223 e. The molecule has 0 unspecified atom stereocenters. The molecule has 0 spiro atoms. The van der Waals surface area contributed by atoms with Crippen LogP contribution in [0.1, 0.15) is 22.4 Å². The van der Waals surface area contributed by atoms with Gasteiger partial charge in [-0.05, 0) is 47.5 Å². The third-order valence-corrected chi connectivity index (χ3v) is 4.98. The standard InChI is InChI=1S/C16H16ClNOS/c17-14-4-1-12(2-5-14)3-6-16(19)18-9-7-15-13(11-18)8-10-20-15/h1-2,4-5,8,10H,3,6-7,9,11H2. The molecule has 1 aromatic heterocycles. The summed E-state index contributed by atoms with van der Waals surface area (Å²) in [5.41, 5.74) is 2.48. The quantitative estimate of drug-likeness (QED) is 0.841. The highest BCUT2D eigenvalue weighted by Gasteiger charge is 2.20. The maximum atomic E-state index is 12.3. The van der Waals surface area contributed by atoms with Crippen molar-refractivity contribution in [3.63, 3.8) is 0 Å². The molecular formula is C16H16ClNOS. The topological polar surface area (TPSA) is 20.3 Å². The molecule has 20 heavy (non-hydrogen) atoms. The van der Waals surface area contributed by atoms with Crippen LogP contribution in [0.25, 0.3) is 0 Å². The molecule has 1 amide bonds. The van der Waals surface area contributed by atoms with Crippen LogP contribution < -0.4 is 0 Å². The third-order valence-electron chi connectivity index (χ3n) is 3.70. The molecule has 0 aliphatic carbocycles. The lowest BCUT2D eigenvalue weighted by atomic mass is 10.1. The second-order valence-corrected chi connectivity index (χ2v) is 6.50. The van der Waals surface area contributed by atoms with Crippen LogP contribution in [0, 0.1) is 0 Å². The first-order valence-electron chi connectivity index (χ1n) is 6.80. The molecule has 0 saturated heterocycles. The molecule has 0 bridgehead atoms. The smallest absolute Gasteiger partial charge is 0.223 e. The molecule has 2 nitrogen and oxygen atoms in total. The highest BCUT2D eigenvalue weighted by atomic mass is 35.5. The largest absolute Gasteiger partial charge is 0.338 e. The van der Waals surface area contributed by atoms with Gasteiger partial charge >= 0.3 is 0 Å². The summed E-state index contributed by atoms with van der Waals surface area (Å²) in [5.74, 6) is 0.247. The van der Waals surface area contributed by atoms with Crippen molar-refractivity contribution in [2.24, 2.45) is 0 Å². The van der Waals surface area contributed by atoms with Crippen LogP contribution in [0.4, 0.5) is 0 Å². The fourth-order valence-electron chi connectivity index (χ4n) is 2.52. The Morgan fingerprint density at radius 3 is 2.85 bits per heavy atom. The van der Waals surface area contributed by atoms with Gasteiger partial charge in [0.25, 0.3) is 0 Å². The van der Waals surface area contributed by atoms with Crippen molar-refractivity contribution in [1.29, 1.82) is 0 Å². The second-order valence-electron chi connectivity index (χ2n) is 5.06. The van der Waals surface area contributed by atoms with Crippen LogP contribution in [-0.4, -0.2) is 17.4 Å². The average molecular weight is 306 g/mol. The highest BCUT2D eigenvalue weighted by molar-refractivity contribution is 7.10. The lowest BCUT2D eigenvalue weighted by Crippen LogP contribution is -2.35. The molecule has 1 aromatic carbocycles. The first-order valence-corrected chi connectivity index (χ1v) is 8.05. The maximum absolute atomic E-state index is 12.3. The summed E-state index contributed by atoms with van der Waals surface area (Å²) in [6.45, 7) is 1.63. The predicted octanol–water partition coefficient (Wildman–Crippen LogP) is 3.92. The number of benzene rings is 1. The van der Waals surface area contributed by atoms with E-state index in [0.717, 1.165) is 36.5 Å². The van der Waals surface area contributed by atoms with Gasteiger partial charge in [-0.2, -0.15) is 0 Å². The SMILES string of the molecule is O=C(CCc1ccc(Cl)cc1)N1CCc2sccc2C1. The highest BCUT2D eigenvalue weighted by Crippen LogP contribution is 2.24. The Hall–Kier alpha value is -1.32. The number of amides is 1. The molecule has 2 heterocycles. The van der Waals surface area contributed by atoms with Gasteiger partial charge in [-0.1, -0.05) is 23.7 Å². The number of aryl methyl sites for hydroxylation is 1. The Morgan fingerprint density at radius 1 is 1.25 bits per heavy atom. The van der Waals surface area contributed by atoms with Gasteiger partial charge in [-0.25, -0.2) is 0 Å². The summed E-state index contributed by atoms with van der Waals surface area (Å²) < 4.78 is 0. The Bertz CT molecular complexity index is 605. The molecule has 0 atom stereocenters. The number of thiophene rings is 1. The van der Waals surface area contributed by atoms with Crippen molar-refractivity contribution in [2.75, 3.05) is 6.54 Å². The first-order chi connectivity index (χ1) is 9.72. The minimum Gasteiger partial charge on any atom is -0.338 e. The molecule has 2 aromatic rings. The van der Waals surface area contributed by atoms with Gasteiger partial charge in [0, 0.05) is 29.4 Å². The van der Waals surface area contributed by atoms with E-state index in [9.17, 15) is 4.79 Å². The van der Waals surface area contributed by atoms with Crippen molar-refractivity contribution in [1.82, 2.24) is 4.90 Å². The zero-order valence-electron chi connectivity index (χ0n) is 11.1. The third kappa shape index (κ3) is 3.05. The number of rotatable bonds is 3. The molecule has 4 heteroatoms. The van der Waals surface area contributed by atoms with E-state index in [1.165, 1.54) is 10.4 Å². The van der Waals surface area contributed by atoms with E-state index in [0.29, 0.717) is 6.42 Å². The van der Waals surface area contributed by atoms with Crippen molar-refractivity contribution in [3.05, 3.63) is 56.7 Å². The molecule has 0 fully saturated rings. The van der Waals surface area contributed by atoms with Gasteiger partial charge in [0.1, 0.15) is 0 Å². The number of hydrogen-bond donors (Lipinski definition) is 0. The van der Waals surface area contributed by atoms with Gasteiger partial charge in [0.15, 0.2) is 0 Å². The molecule has 1 aliphatic rings. The van der Waals surface area contributed by atoms with E-state index in [4.69, 9.17) is 11.6 Å². The molecule has 0 saturated carbocycles. The molecule has 0 N–H and O–H groups in total. The predicted molar refractivity (Wildman–Crippen MR) is 83.2 cm³/mol. The summed E-state index contributed by atoms with van der Waals surface area (Å²) in [7, 11) is 0. The first kappa shape index (κ1) is 13.7. The van der Waals surface area contributed by atoms with Gasteiger partial charge in [0.05, 0.1) is 0 Å². The molecular weight excluding hydrogens is 290 g/mol. The number of nitrogens with zero attached hydrogens (tertiary/aromatic N) is 1. The van der Waals surface area contributed by atoms with Crippen molar-refractivity contribution < 1.29 is 4.79 Å². The molecule has 3 rings (SSSR count). The fourth-order valence-corrected chi connectivity index (χ4v) is 3.54. The van der Waals surface area contributed by atoms with Gasteiger partial charge in [0.2, 0.25) is 5.91 Å². The van der Waals surface area contributed by atoms with Crippen molar-refractivity contribution >= 4 is 28.8 Å². The Morgan fingerprint density at radius 2 is 2.05 bits per heavy atom. The number of hydrogen-bond acceptors (Lipinski definition) is 2. The van der Waals surface area contributed by atoms with E-state index in [2.05, 4.69) is 11.4 Å². The summed E-state index contributed by atoms with van der Waals surface area (Å²) in [6, 6.07) is 9.87. The normalized spacial score (nSPS) is 14.2. The van der Waals surface area contributed by atoms with Crippen molar-refractivity contribution in [2.45, 2.75) is 25.8 Å². The number of fused-ring (bicyclic) bond motifs is 1. The summed E-state index contributed by atoms with van der Waals surface area (Å²) in [6.07, 6.45) is 2.35. The average Bonchev–Trinajstić information content (AvgIpc) is 2.93. The van der Waals surface area contributed by atoms with Crippen LogP contribution in [0.3, 0.4) is 0 Å². The van der Waals surface area contributed by atoms with Gasteiger partial charge in [-0.15, -0.1) is 11.3 Å². The summed E-state index contributed by atoms with van der Waals surface area (Å²) in [4.78, 5) is 15.7.